The lowest BCUT2D eigenvalue weighted by Gasteiger charge is -2.38. The summed E-state index contributed by atoms with van der Waals surface area (Å²) in [5, 5.41) is 0. The molecule has 0 saturated heterocycles. The lowest BCUT2D eigenvalue weighted by Crippen LogP contribution is -2.43. The first kappa shape index (κ1) is 11.3. The molecule has 0 aliphatic carbocycles. The molecule has 82 valence electrons. The Bertz CT molecular complexity index is 443. The van der Waals surface area contributed by atoms with Gasteiger partial charge in [0.15, 0.2) is 0 Å². The van der Waals surface area contributed by atoms with Gasteiger partial charge in [-0.2, -0.15) is 0 Å². The fourth-order valence-corrected chi connectivity index (χ4v) is 2.48. The number of benzene rings is 1. The van der Waals surface area contributed by atoms with Gasteiger partial charge in [0.2, 0.25) is 5.91 Å². The van der Waals surface area contributed by atoms with Gasteiger partial charge in [-0.15, -0.1) is 0 Å². The van der Waals surface area contributed by atoms with Gasteiger partial charge in [0.25, 0.3) is 0 Å². The van der Waals surface area contributed by atoms with Gasteiger partial charge >= 0.3 is 0 Å². The molecule has 16 heavy (non-hydrogen) atoms. The van der Waals surface area contributed by atoms with E-state index in [0.29, 0.717) is 6.42 Å². The zero-order valence-corrected chi connectivity index (χ0v) is 10.5. The first-order valence-corrected chi connectivity index (χ1v) is 5.87. The fraction of sp³-hybridized carbons (Fsp3) is 0.417. The van der Waals surface area contributed by atoms with Gasteiger partial charge in [-0.3, -0.25) is 4.79 Å². The van der Waals surface area contributed by atoms with Crippen molar-refractivity contribution in [1.29, 1.82) is 0 Å². The van der Waals surface area contributed by atoms with E-state index in [1.54, 1.807) is 0 Å². The number of amides is 1. The minimum atomic E-state index is -0.0376. The predicted octanol–water partition coefficient (Wildman–Crippen LogP) is -0.450. The summed E-state index contributed by atoms with van der Waals surface area (Å²) >= 11 is 0. The Kier molecular flexibility index (Phi) is 2.61. The van der Waals surface area contributed by atoms with Crippen molar-refractivity contribution < 1.29 is 4.79 Å². The second-order valence-electron chi connectivity index (χ2n) is 5.22. The highest BCUT2D eigenvalue weighted by atomic mass is 16.2. The number of fused-ring (bicyclic) bond motifs is 1. The number of hydrogen-bond donors (Lipinski definition) is 0. The molecule has 1 aromatic carbocycles. The highest BCUT2D eigenvalue weighted by molar-refractivity contribution is 6.32. The van der Waals surface area contributed by atoms with Gasteiger partial charge in [0.05, 0.1) is 0 Å². The van der Waals surface area contributed by atoms with E-state index in [9.17, 15) is 4.79 Å². The van der Waals surface area contributed by atoms with Gasteiger partial charge in [0, 0.05) is 17.5 Å². The van der Waals surface area contributed by atoms with E-state index in [1.165, 1.54) is 11.0 Å². The Morgan fingerprint density at radius 3 is 2.75 bits per heavy atom. The first-order chi connectivity index (χ1) is 7.45. The van der Waals surface area contributed by atoms with Gasteiger partial charge in [-0.05, 0) is 18.1 Å². The summed E-state index contributed by atoms with van der Waals surface area (Å²) in [5.74, 6) is 0.240. The largest absolute Gasteiger partial charge is 0.320 e. The summed E-state index contributed by atoms with van der Waals surface area (Å²) < 4.78 is 0. The molecule has 0 radical (unpaired) electrons. The van der Waals surface area contributed by atoms with Crippen LogP contribution in [-0.2, 0) is 10.2 Å². The van der Waals surface area contributed by atoms with E-state index in [4.69, 9.17) is 0 Å². The maximum atomic E-state index is 12.0. The van der Waals surface area contributed by atoms with Gasteiger partial charge in [-0.25, -0.2) is 0 Å². The standard InChI is InChI=1S/C12H17B2NO/c1-12(2)6-11(16)15(7-13)10-4-3-8(14)5-9(10)12/h3-5H,6-7,13-14H2,1-2H3. The third-order valence-corrected chi connectivity index (χ3v) is 3.38. The van der Waals surface area contributed by atoms with Crippen LogP contribution in [0, 0.1) is 0 Å². The molecule has 1 aliphatic rings. The number of nitrogens with zero attached hydrogens (tertiary/aromatic N) is 1. The molecule has 0 fully saturated rings. The van der Waals surface area contributed by atoms with Crippen LogP contribution >= 0.6 is 0 Å². The lowest BCUT2D eigenvalue weighted by atomic mass is 9.75. The Morgan fingerprint density at radius 1 is 1.44 bits per heavy atom. The topological polar surface area (TPSA) is 20.3 Å². The molecule has 0 unspecified atom stereocenters. The molecular weight excluding hydrogens is 196 g/mol. The van der Waals surface area contributed by atoms with Crippen molar-refractivity contribution in [3.8, 4) is 0 Å². The smallest absolute Gasteiger partial charge is 0.227 e. The molecule has 1 aliphatic heterocycles. The molecule has 2 nitrogen and oxygen atoms in total. The minimum Gasteiger partial charge on any atom is -0.320 e. The van der Waals surface area contributed by atoms with Crippen molar-refractivity contribution in [2.24, 2.45) is 0 Å². The van der Waals surface area contributed by atoms with Crippen molar-refractivity contribution in [3.05, 3.63) is 23.8 Å². The monoisotopic (exact) mass is 213 g/mol. The molecule has 2 rings (SSSR count). The maximum absolute atomic E-state index is 12.0. The van der Waals surface area contributed by atoms with E-state index in [2.05, 4.69) is 39.9 Å². The summed E-state index contributed by atoms with van der Waals surface area (Å²) in [7, 11) is 4.13. The van der Waals surface area contributed by atoms with Crippen LogP contribution in [0.15, 0.2) is 18.2 Å². The van der Waals surface area contributed by atoms with Crippen molar-refractivity contribution in [2.75, 3.05) is 11.3 Å². The second-order valence-corrected chi connectivity index (χ2v) is 5.22. The van der Waals surface area contributed by atoms with Crippen LogP contribution in [0.25, 0.3) is 0 Å². The summed E-state index contributed by atoms with van der Waals surface area (Å²) in [6, 6.07) is 6.37. The molecule has 1 amide bonds. The zero-order valence-electron chi connectivity index (χ0n) is 10.5. The fourth-order valence-electron chi connectivity index (χ4n) is 2.48. The van der Waals surface area contributed by atoms with Crippen LogP contribution in [0.2, 0.25) is 0 Å². The zero-order chi connectivity index (χ0) is 11.9. The van der Waals surface area contributed by atoms with Crippen LogP contribution < -0.4 is 10.4 Å². The van der Waals surface area contributed by atoms with E-state index < -0.39 is 0 Å². The molecule has 0 bridgehead atoms. The highest BCUT2D eigenvalue weighted by Crippen LogP contribution is 2.39. The molecule has 0 saturated carbocycles. The second kappa shape index (κ2) is 3.69. The van der Waals surface area contributed by atoms with Crippen molar-refractivity contribution in [2.45, 2.75) is 25.7 Å². The van der Waals surface area contributed by atoms with Gasteiger partial charge in [0.1, 0.15) is 15.7 Å². The average molecular weight is 213 g/mol. The molecule has 0 N–H and O–H groups in total. The number of rotatable bonds is 1. The Labute approximate surface area is 98.8 Å². The van der Waals surface area contributed by atoms with E-state index >= 15 is 0 Å². The molecule has 0 atom stereocenters. The van der Waals surface area contributed by atoms with Crippen LogP contribution in [0.4, 0.5) is 5.69 Å². The number of carbonyl (C=O) groups excluding carboxylic acids is 1. The molecule has 1 heterocycles. The quantitative estimate of drug-likeness (QED) is 0.578. The van der Waals surface area contributed by atoms with E-state index in [0.717, 1.165) is 12.1 Å². The maximum Gasteiger partial charge on any atom is 0.227 e. The lowest BCUT2D eigenvalue weighted by molar-refractivity contribution is -0.119. The van der Waals surface area contributed by atoms with E-state index in [-0.39, 0.29) is 11.3 Å². The summed E-state index contributed by atoms with van der Waals surface area (Å²) in [6.45, 7) is 4.30. The van der Waals surface area contributed by atoms with Crippen LogP contribution in [0.1, 0.15) is 25.8 Å². The van der Waals surface area contributed by atoms with E-state index in [1.807, 2.05) is 12.7 Å². The Morgan fingerprint density at radius 2 is 2.12 bits per heavy atom. The summed E-state index contributed by atoms with van der Waals surface area (Å²) in [5.41, 5.74) is 3.62. The van der Waals surface area contributed by atoms with Crippen molar-refractivity contribution in [1.82, 2.24) is 0 Å². The predicted molar refractivity (Wildman–Crippen MR) is 73.2 cm³/mol. The van der Waals surface area contributed by atoms with Crippen LogP contribution in [0.3, 0.4) is 0 Å². The SMILES string of the molecule is BCN1C(=O)CC(C)(C)c2cc(B)ccc21. The number of hydrogen-bond acceptors (Lipinski definition) is 1. The minimum absolute atomic E-state index is 0.0376. The van der Waals surface area contributed by atoms with Crippen LogP contribution in [-0.4, -0.2) is 28.0 Å². The number of carbonyl (C=O) groups is 1. The van der Waals surface area contributed by atoms with Crippen LogP contribution in [0.5, 0.6) is 0 Å². The summed E-state index contributed by atoms with van der Waals surface area (Å²) in [6.07, 6.45) is 1.36. The molecule has 4 heteroatoms. The molecule has 0 aromatic heterocycles. The number of anilines is 1. The van der Waals surface area contributed by atoms with Gasteiger partial charge in [-0.1, -0.05) is 31.4 Å². The van der Waals surface area contributed by atoms with Crippen molar-refractivity contribution >= 4 is 32.7 Å². The molecule has 0 spiro atoms. The average Bonchev–Trinajstić information content (AvgIpc) is 2.19. The summed E-state index contributed by atoms with van der Waals surface area (Å²) in [4.78, 5) is 13.9. The van der Waals surface area contributed by atoms with Crippen molar-refractivity contribution in [3.63, 3.8) is 0 Å². The third-order valence-electron chi connectivity index (χ3n) is 3.38. The highest BCUT2D eigenvalue weighted by Gasteiger charge is 2.35. The third kappa shape index (κ3) is 1.66. The Hall–Kier alpha value is -1.18. The first-order valence-electron chi connectivity index (χ1n) is 5.87. The van der Waals surface area contributed by atoms with Gasteiger partial charge < -0.3 is 4.90 Å². The Balaban J connectivity index is 2.62. The molecular formula is C12H17B2NO. The molecule has 1 aromatic rings. The normalized spacial score (nSPS) is 18.4.